The average molecular weight is 302 g/mol. The van der Waals surface area contributed by atoms with Crippen LogP contribution in [0.4, 0.5) is 5.69 Å². The molecule has 22 heavy (non-hydrogen) atoms. The normalized spacial score (nSPS) is 15.8. The Morgan fingerprint density at radius 3 is 1.95 bits per heavy atom. The summed E-state index contributed by atoms with van der Waals surface area (Å²) >= 11 is 0. The predicted molar refractivity (Wildman–Crippen MR) is 84.6 cm³/mol. The first-order valence-electron chi connectivity index (χ1n) is 7.39. The maximum Gasteiger partial charge on any atom is 0.240 e. The molecule has 1 aromatic rings. The molecule has 0 radical (unpaired) electrons. The molecule has 0 spiro atoms. The van der Waals surface area contributed by atoms with Crippen LogP contribution in [-0.2, 0) is 9.59 Å². The van der Waals surface area contributed by atoms with Gasteiger partial charge in [0, 0.05) is 16.8 Å². The Labute approximate surface area is 130 Å². The Kier molecular flexibility index (Phi) is 4.09. The van der Waals surface area contributed by atoms with Gasteiger partial charge in [0.2, 0.25) is 11.8 Å². The van der Waals surface area contributed by atoms with Gasteiger partial charge in [-0.05, 0) is 64.8 Å². The van der Waals surface area contributed by atoms with Gasteiger partial charge in [0.1, 0.15) is 5.41 Å². The third-order valence-corrected chi connectivity index (χ3v) is 3.66. The highest BCUT2D eigenvalue weighted by Crippen LogP contribution is 2.47. The fourth-order valence-corrected chi connectivity index (χ4v) is 2.18. The molecule has 0 aliphatic heterocycles. The van der Waals surface area contributed by atoms with Gasteiger partial charge in [0.25, 0.3) is 0 Å². The van der Waals surface area contributed by atoms with Crippen LogP contribution < -0.4 is 10.6 Å². The number of ketones is 1. The number of carbonyl (C=O) groups excluding carboxylic acids is 3. The van der Waals surface area contributed by atoms with E-state index in [1.165, 1.54) is 6.92 Å². The first kappa shape index (κ1) is 16.2. The van der Waals surface area contributed by atoms with E-state index in [1.54, 1.807) is 24.3 Å². The van der Waals surface area contributed by atoms with Crippen LogP contribution in [0, 0.1) is 5.41 Å². The van der Waals surface area contributed by atoms with Crippen molar-refractivity contribution in [3.63, 3.8) is 0 Å². The number of amides is 2. The third-order valence-electron chi connectivity index (χ3n) is 3.66. The molecular formula is C17H22N2O3. The zero-order valence-electron chi connectivity index (χ0n) is 13.4. The van der Waals surface area contributed by atoms with Crippen molar-refractivity contribution in [2.45, 2.75) is 46.1 Å². The number of benzene rings is 1. The van der Waals surface area contributed by atoms with Gasteiger partial charge in [0.05, 0.1) is 0 Å². The second-order valence-electron chi connectivity index (χ2n) is 6.87. The van der Waals surface area contributed by atoms with Crippen molar-refractivity contribution in [1.29, 1.82) is 0 Å². The summed E-state index contributed by atoms with van der Waals surface area (Å²) in [6.45, 7) is 7.15. The fourth-order valence-electron chi connectivity index (χ4n) is 2.18. The lowest BCUT2D eigenvalue weighted by Gasteiger charge is -2.24. The molecule has 1 fully saturated rings. The molecular weight excluding hydrogens is 280 g/mol. The van der Waals surface area contributed by atoms with Crippen LogP contribution in [0.3, 0.4) is 0 Å². The van der Waals surface area contributed by atoms with E-state index in [-0.39, 0.29) is 23.1 Å². The second-order valence-corrected chi connectivity index (χ2v) is 6.87. The minimum absolute atomic E-state index is 0.0268. The molecule has 2 amide bonds. The minimum Gasteiger partial charge on any atom is -0.351 e. The van der Waals surface area contributed by atoms with E-state index in [9.17, 15) is 14.4 Å². The lowest BCUT2D eigenvalue weighted by Crippen LogP contribution is -2.48. The highest BCUT2D eigenvalue weighted by Gasteiger charge is 2.57. The van der Waals surface area contributed by atoms with E-state index in [4.69, 9.17) is 0 Å². The van der Waals surface area contributed by atoms with Crippen molar-refractivity contribution in [1.82, 2.24) is 5.32 Å². The van der Waals surface area contributed by atoms with Crippen LogP contribution in [0.5, 0.6) is 0 Å². The van der Waals surface area contributed by atoms with Gasteiger partial charge in [0.15, 0.2) is 5.78 Å². The summed E-state index contributed by atoms with van der Waals surface area (Å²) < 4.78 is 0. The van der Waals surface area contributed by atoms with Crippen molar-refractivity contribution in [2.24, 2.45) is 5.41 Å². The zero-order chi connectivity index (χ0) is 16.5. The van der Waals surface area contributed by atoms with Gasteiger partial charge in [-0.25, -0.2) is 0 Å². The maximum atomic E-state index is 12.4. The highest BCUT2D eigenvalue weighted by molar-refractivity contribution is 6.13. The molecule has 1 aromatic carbocycles. The van der Waals surface area contributed by atoms with Gasteiger partial charge in [-0.3, -0.25) is 14.4 Å². The summed E-state index contributed by atoms with van der Waals surface area (Å²) in [5.74, 6) is -0.538. The lowest BCUT2D eigenvalue weighted by molar-refractivity contribution is -0.135. The summed E-state index contributed by atoms with van der Waals surface area (Å²) in [5.41, 5.74) is -0.141. The van der Waals surface area contributed by atoms with E-state index in [0.717, 1.165) is 0 Å². The highest BCUT2D eigenvalue weighted by atomic mass is 16.2. The Bertz CT molecular complexity index is 608. The monoisotopic (exact) mass is 302 g/mol. The van der Waals surface area contributed by atoms with Crippen molar-refractivity contribution < 1.29 is 14.4 Å². The molecule has 0 heterocycles. The SMILES string of the molecule is CC(=O)c1ccc(NC(=O)C2(C(=O)NC(C)(C)C)CC2)cc1. The Balaban J connectivity index is 2.05. The van der Waals surface area contributed by atoms with E-state index >= 15 is 0 Å². The summed E-state index contributed by atoms with van der Waals surface area (Å²) in [7, 11) is 0. The van der Waals surface area contributed by atoms with Gasteiger partial charge < -0.3 is 10.6 Å². The van der Waals surface area contributed by atoms with Crippen molar-refractivity contribution in [2.75, 3.05) is 5.32 Å². The number of nitrogens with one attached hydrogen (secondary N) is 2. The standard InChI is InChI=1S/C17H22N2O3/c1-11(20)12-5-7-13(8-6-12)18-14(21)17(9-10-17)15(22)19-16(2,3)4/h5-8H,9-10H2,1-4H3,(H,18,21)(H,19,22). The largest absolute Gasteiger partial charge is 0.351 e. The molecule has 0 saturated heterocycles. The van der Waals surface area contributed by atoms with E-state index in [1.807, 2.05) is 20.8 Å². The first-order chi connectivity index (χ1) is 10.1. The first-order valence-corrected chi connectivity index (χ1v) is 7.39. The van der Waals surface area contributed by atoms with Gasteiger partial charge >= 0.3 is 0 Å². The number of hydrogen-bond donors (Lipinski definition) is 2. The Morgan fingerprint density at radius 1 is 1.00 bits per heavy atom. The summed E-state index contributed by atoms with van der Waals surface area (Å²) in [6, 6.07) is 6.66. The lowest BCUT2D eigenvalue weighted by atomic mass is 10.0. The molecule has 0 aromatic heterocycles. The smallest absolute Gasteiger partial charge is 0.240 e. The molecule has 0 bridgehead atoms. The Morgan fingerprint density at radius 2 is 1.55 bits per heavy atom. The van der Waals surface area contributed by atoms with Crippen LogP contribution in [0.2, 0.25) is 0 Å². The zero-order valence-corrected chi connectivity index (χ0v) is 13.4. The van der Waals surface area contributed by atoms with Crippen LogP contribution in [0.15, 0.2) is 24.3 Å². The number of carbonyl (C=O) groups is 3. The van der Waals surface area contributed by atoms with E-state index in [2.05, 4.69) is 10.6 Å². The molecule has 1 aliphatic carbocycles. The maximum absolute atomic E-state index is 12.4. The molecule has 2 rings (SSSR count). The summed E-state index contributed by atoms with van der Waals surface area (Å²) in [4.78, 5) is 35.9. The molecule has 5 heteroatoms. The quantitative estimate of drug-likeness (QED) is 0.663. The predicted octanol–water partition coefficient (Wildman–Crippen LogP) is 2.52. The Hall–Kier alpha value is -2.17. The number of hydrogen-bond acceptors (Lipinski definition) is 3. The van der Waals surface area contributed by atoms with Gasteiger partial charge in [-0.15, -0.1) is 0 Å². The van der Waals surface area contributed by atoms with Crippen LogP contribution in [0.25, 0.3) is 0 Å². The van der Waals surface area contributed by atoms with Crippen LogP contribution in [-0.4, -0.2) is 23.1 Å². The average Bonchev–Trinajstić information content (AvgIpc) is 3.18. The molecule has 1 saturated carbocycles. The minimum atomic E-state index is -0.952. The summed E-state index contributed by atoms with van der Waals surface area (Å²) in [5, 5.41) is 5.63. The molecule has 118 valence electrons. The fraction of sp³-hybridized carbons (Fsp3) is 0.471. The number of Topliss-reactive ketones (excluding diaryl/α,β-unsaturated/α-hetero) is 1. The molecule has 0 unspecified atom stereocenters. The molecule has 2 N–H and O–H groups in total. The van der Waals surface area contributed by atoms with Crippen LogP contribution in [0.1, 0.15) is 50.9 Å². The number of anilines is 1. The summed E-state index contributed by atoms with van der Waals surface area (Å²) in [6.07, 6.45) is 1.12. The topological polar surface area (TPSA) is 75.3 Å². The number of rotatable bonds is 4. The third kappa shape index (κ3) is 3.53. The molecule has 1 aliphatic rings. The van der Waals surface area contributed by atoms with E-state index in [0.29, 0.717) is 24.1 Å². The van der Waals surface area contributed by atoms with E-state index < -0.39 is 5.41 Å². The second kappa shape index (κ2) is 5.55. The van der Waals surface area contributed by atoms with Crippen molar-refractivity contribution >= 4 is 23.3 Å². The van der Waals surface area contributed by atoms with Gasteiger partial charge in [-0.1, -0.05) is 0 Å². The molecule has 0 atom stereocenters. The van der Waals surface area contributed by atoms with Crippen molar-refractivity contribution in [3.8, 4) is 0 Å². The van der Waals surface area contributed by atoms with Crippen LogP contribution >= 0.6 is 0 Å². The molecule has 5 nitrogen and oxygen atoms in total. The van der Waals surface area contributed by atoms with Gasteiger partial charge in [-0.2, -0.15) is 0 Å². The van der Waals surface area contributed by atoms with Crippen molar-refractivity contribution in [3.05, 3.63) is 29.8 Å².